The zero-order valence-electron chi connectivity index (χ0n) is 19.0. The molecule has 1 aliphatic heterocycles. The molecule has 0 atom stereocenters. The highest BCUT2D eigenvalue weighted by molar-refractivity contribution is 7.14. The molecule has 0 saturated carbocycles. The maximum absolute atomic E-state index is 13.6. The molecule has 0 saturated heterocycles. The molecule has 3 heterocycles. The first-order valence-corrected chi connectivity index (χ1v) is 11.6. The van der Waals surface area contributed by atoms with Crippen LogP contribution in [0.5, 0.6) is 0 Å². The van der Waals surface area contributed by atoms with E-state index in [0.29, 0.717) is 5.57 Å². The Kier molecular flexibility index (Phi) is 5.03. The number of carbonyl (C=O) groups excluding carboxylic acids is 1. The van der Waals surface area contributed by atoms with Crippen LogP contribution in [0.3, 0.4) is 0 Å². The van der Waals surface area contributed by atoms with Crippen molar-refractivity contribution >= 4 is 40.3 Å². The average Bonchev–Trinajstić information content (AvgIpc) is 3.37. The second-order valence-corrected chi connectivity index (χ2v) is 9.49. The molecule has 5 heteroatoms. The Morgan fingerprint density at radius 1 is 0.970 bits per heavy atom. The number of hydrogen-bond acceptors (Lipinski definition) is 3. The van der Waals surface area contributed by atoms with Crippen molar-refractivity contribution in [2.75, 3.05) is 4.90 Å². The number of benzene rings is 2. The Morgan fingerprint density at radius 2 is 1.67 bits per heavy atom. The van der Waals surface area contributed by atoms with Gasteiger partial charge in [-0.05, 0) is 69.2 Å². The molecule has 5 rings (SSSR count). The fourth-order valence-corrected chi connectivity index (χ4v) is 5.73. The molecular formula is C28H23N3OS. The molecule has 1 aliphatic rings. The van der Waals surface area contributed by atoms with Gasteiger partial charge in [0.15, 0.2) is 0 Å². The molecule has 2 aromatic carbocycles. The molecule has 2 aromatic heterocycles. The number of aryl methyl sites for hydroxylation is 2. The van der Waals surface area contributed by atoms with Gasteiger partial charge in [0.05, 0.1) is 16.8 Å². The monoisotopic (exact) mass is 449 g/mol. The largest absolute Gasteiger partial charge is 0.308 e. The van der Waals surface area contributed by atoms with Crippen LogP contribution in [0.4, 0.5) is 11.4 Å². The number of anilines is 2. The lowest BCUT2D eigenvalue weighted by atomic mass is 10.0. The van der Waals surface area contributed by atoms with E-state index in [1.54, 1.807) is 16.2 Å². The van der Waals surface area contributed by atoms with Crippen LogP contribution < -0.4 is 4.90 Å². The predicted octanol–water partition coefficient (Wildman–Crippen LogP) is 6.86. The van der Waals surface area contributed by atoms with Gasteiger partial charge in [-0.25, -0.2) is 0 Å². The van der Waals surface area contributed by atoms with Gasteiger partial charge in [-0.1, -0.05) is 36.4 Å². The summed E-state index contributed by atoms with van der Waals surface area (Å²) in [7, 11) is 0. The van der Waals surface area contributed by atoms with Gasteiger partial charge in [-0.2, -0.15) is 5.26 Å². The van der Waals surface area contributed by atoms with Crippen molar-refractivity contribution < 1.29 is 4.79 Å². The minimum Gasteiger partial charge on any atom is -0.308 e. The highest BCUT2D eigenvalue weighted by atomic mass is 32.1. The van der Waals surface area contributed by atoms with E-state index >= 15 is 0 Å². The number of fused-ring (bicyclic) bond motifs is 1. The van der Waals surface area contributed by atoms with Crippen LogP contribution in [0.1, 0.15) is 38.5 Å². The number of amides is 1. The van der Waals surface area contributed by atoms with Crippen molar-refractivity contribution in [1.29, 1.82) is 5.26 Å². The number of thiophene rings is 1. The van der Waals surface area contributed by atoms with Crippen molar-refractivity contribution in [3.8, 4) is 11.1 Å². The molecule has 4 aromatic rings. The fraction of sp³-hybridized carbons (Fsp3) is 0.143. The van der Waals surface area contributed by atoms with Crippen molar-refractivity contribution in [3.63, 3.8) is 0 Å². The van der Waals surface area contributed by atoms with Gasteiger partial charge in [0, 0.05) is 27.5 Å². The van der Waals surface area contributed by atoms with Crippen molar-refractivity contribution in [3.05, 3.63) is 99.2 Å². The molecule has 0 spiro atoms. The number of nitrogens with zero attached hydrogens (tertiary/aromatic N) is 3. The van der Waals surface area contributed by atoms with Crippen LogP contribution in [0, 0.1) is 39.0 Å². The molecule has 0 fully saturated rings. The van der Waals surface area contributed by atoms with Crippen LogP contribution in [-0.2, 0) is 4.79 Å². The van der Waals surface area contributed by atoms with Crippen molar-refractivity contribution in [2.45, 2.75) is 27.7 Å². The quantitative estimate of drug-likeness (QED) is 0.321. The van der Waals surface area contributed by atoms with E-state index in [4.69, 9.17) is 0 Å². The van der Waals surface area contributed by atoms with Gasteiger partial charge in [0.25, 0.3) is 5.91 Å². The molecule has 0 N–H and O–H groups in total. The van der Waals surface area contributed by atoms with E-state index in [1.807, 2.05) is 88.4 Å². The van der Waals surface area contributed by atoms with E-state index in [-0.39, 0.29) is 5.91 Å². The third-order valence-corrected chi connectivity index (χ3v) is 7.53. The lowest BCUT2D eigenvalue weighted by Gasteiger charge is -2.16. The average molecular weight is 450 g/mol. The number of nitriles is 1. The van der Waals surface area contributed by atoms with E-state index in [1.165, 1.54) is 0 Å². The minimum atomic E-state index is -0.0345. The maximum atomic E-state index is 13.6. The first kappa shape index (κ1) is 21.0. The number of carbonyl (C=O) groups is 1. The predicted molar refractivity (Wildman–Crippen MR) is 135 cm³/mol. The van der Waals surface area contributed by atoms with E-state index < -0.39 is 0 Å². The van der Waals surface area contributed by atoms with E-state index in [0.717, 1.165) is 54.9 Å². The summed E-state index contributed by atoms with van der Waals surface area (Å²) in [5.74, 6) is -0.0345. The Balaban J connectivity index is 1.66. The Hall–Kier alpha value is -3.88. The fourth-order valence-electron chi connectivity index (χ4n) is 4.51. The van der Waals surface area contributed by atoms with Gasteiger partial charge in [-0.15, -0.1) is 11.3 Å². The summed E-state index contributed by atoms with van der Waals surface area (Å²) in [5.41, 5.74) is 8.13. The summed E-state index contributed by atoms with van der Waals surface area (Å²) < 4.78 is 2.13. The van der Waals surface area contributed by atoms with E-state index in [2.05, 4.69) is 16.7 Å². The van der Waals surface area contributed by atoms with E-state index in [9.17, 15) is 10.1 Å². The summed E-state index contributed by atoms with van der Waals surface area (Å²) in [6, 6.07) is 22.1. The van der Waals surface area contributed by atoms with Crippen LogP contribution in [-0.4, -0.2) is 10.5 Å². The standard InChI is InChI=1S/C28H23N3OS/c1-17-14-21(19(3)30(17)28-25(16-29)18(2)20(4)33-28)15-24-23-12-8-9-13-26(23)31(27(24)32)22-10-6-5-7-11-22/h5-15H,1-4H3/b24-15+. The number of hydrogen-bond donors (Lipinski definition) is 0. The summed E-state index contributed by atoms with van der Waals surface area (Å²) in [6.07, 6.45) is 1.99. The highest BCUT2D eigenvalue weighted by Crippen LogP contribution is 2.42. The summed E-state index contributed by atoms with van der Waals surface area (Å²) in [5, 5.41) is 10.7. The first-order chi connectivity index (χ1) is 15.9. The number of rotatable bonds is 3. The van der Waals surface area contributed by atoms with Crippen LogP contribution in [0.25, 0.3) is 16.7 Å². The number of para-hydroxylation sites is 2. The highest BCUT2D eigenvalue weighted by Gasteiger charge is 2.33. The van der Waals surface area contributed by atoms with Gasteiger partial charge >= 0.3 is 0 Å². The molecule has 0 radical (unpaired) electrons. The van der Waals surface area contributed by atoms with Gasteiger partial charge in [-0.3, -0.25) is 9.69 Å². The summed E-state index contributed by atoms with van der Waals surface area (Å²) >= 11 is 1.63. The zero-order valence-corrected chi connectivity index (χ0v) is 19.8. The van der Waals surface area contributed by atoms with Crippen LogP contribution in [0.15, 0.2) is 60.7 Å². The minimum absolute atomic E-state index is 0.0345. The molecule has 162 valence electrons. The van der Waals surface area contributed by atoms with Crippen molar-refractivity contribution in [2.24, 2.45) is 0 Å². The molecular weight excluding hydrogens is 426 g/mol. The molecule has 0 unspecified atom stereocenters. The van der Waals surface area contributed by atoms with Gasteiger partial charge < -0.3 is 4.57 Å². The molecule has 1 amide bonds. The van der Waals surface area contributed by atoms with Gasteiger partial charge in [0.1, 0.15) is 11.1 Å². The van der Waals surface area contributed by atoms with Crippen molar-refractivity contribution in [1.82, 2.24) is 4.57 Å². The lowest BCUT2D eigenvalue weighted by molar-refractivity contribution is -0.112. The SMILES string of the molecule is Cc1sc(-n2c(C)cc(/C=C3/C(=O)N(c4ccccc4)c4ccccc43)c2C)c(C#N)c1C. The molecule has 0 aliphatic carbocycles. The van der Waals surface area contributed by atoms with Crippen LogP contribution >= 0.6 is 11.3 Å². The molecule has 33 heavy (non-hydrogen) atoms. The van der Waals surface area contributed by atoms with Gasteiger partial charge in [0.2, 0.25) is 0 Å². The molecule has 0 bridgehead atoms. The third kappa shape index (κ3) is 3.23. The first-order valence-electron chi connectivity index (χ1n) is 10.8. The Morgan fingerprint density at radius 3 is 2.39 bits per heavy atom. The smallest absolute Gasteiger partial charge is 0.263 e. The normalized spacial score (nSPS) is 14.1. The Bertz CT molecular complexity index is 1480. The third-order valence-electron chi connectivity index (χ3n) is 6.33. The summed E-state index contributed by atoms with van der Waals surface area (Å²) in [6.45, 7) is 8.14. The lowest BCUT2D eigenvalue weighted by Crippen LogP contribution is -2.20. The molecule has 4 nitrogen and oxygen atoms in total. The summed E-state index contributed by atoms with van der Waals surface area (Å²) in [4.78, 5) is 16.5. The number of aromatic nitrogens is 1. The second-order valence-electron chi connectivity index (χ2n) is 8.29. The topological polar surface area (TPSA) is 49.0 Å². The Labute approximate surface area is 197 Å². The second kappa shape index (κ2) is 7.91. The zero-order chi connectivity index (χ0) is 23.3. The maximum Gasteiger partial charge on any atom is 0.263 e. The van der Waals surface area contributed by atoms with Crippen LogP contribution in [0.2, 0.25) is 0 Å².